The van der Waals surface area contributed by atoms with Crippen LogP contribution in [-0.4, -0.2) is 71.0 Å². The fourth-order valence-corrected chi connectivity index (χ4v) is 3.57. The van der Waals surface area contributed by atoms with Crippen molar-refractivity contribution in [3.05, 3.63) is 59.3 Å². The van der Waals surface area contributed by atoms with Gasteiger partial charge < -0.3 is 29.0 Å². The Balaban J connectivity index is 0.000000858. The number of aromatic amines is 1. The lowest BCUT2D eigenvalue weighted by atomic mass is 10.1. The van der Waals surface area contributed by atoms with Crippen molar-refractivity contribution in [1.29, 1.82) is 0 Å². The van der Waals surface area contributed by atoms with Crippen molar-refractivity contribution in [2.75, 3.05) is 33.9 Å². The summed E-state index contributed by atoms with van der Waals surface area (Å²) in [6, 6.07) is 11.4. The topological polar surface area (TPSA) is 110 Å². The van der Waals surface area contributed by atoms with E-state index in [1.807, 2.05) is 41.0 Å². The number of nitrogens with one attached hydrogen (secondary N) is 1. The lowest BCUT2D eigenvalue weighted by Gasteiger charge is -2.30. The van der Waals surface area contributed by atoms with Gasteiger partial charge >= 0.3 is 0 Å². The molecule has 0 amide bonds. The predicted molar refractivity (Wildman–Crippen MR) is 116 cm³/mol. The quantitative estimate of drug-likeness (QED) is 0.600. The van der Waals surface area contributed by atoms with E-state index in [9.17, 15) is 4.79 Å². The van der Waals surface area contributed by atoms with Gasteiger partial charge in [0.1, 0.15) is 5.75 Å². The van der Waals surface area contributed by atoms with Crippen LogP contribution in [0.1, 0.15) is 0 Å². The summed E-state index contributed by atoms with van der Waals surface area (Å²) in [5.74, 6) is 0.779. The molecular weight excluding hydrogens is 400 g/mol. The van der Waals surface area contributed by atoms with Crippen molar-refractivity contribution >= 4 is 6.47 Å². The molecule has 164 valence electrons. The van der Waals surface area contributed by atoms with Gasteiger partial charge in [-0.15, -0.1) is 0 Å². The Hall–Kier alpha value is -3.43. The summed E-state index contributed by atoms with van der Waals surface area (Å²) in [7, 11) is 3.73. The van der Waals surface area contributed by atoms with Crippen LogP contribution in [0.3, 0.4) is 0 Å². The molecule has 9 nitrogen and oxygen atoms in total. The molecule has 1 unspecified atom stereocenters. The molecule has 3 aromatic rings. The second-order valence-electron chi connectivity index (χ2n) is 7.10. The molecule has 9 heteroatoms. The number of nitrogens with zero attached hydrogens (tertiary/aromatic N) is 3. The summed E-state index contributed by atoms with van der Waals surface area (Å²) in [5.41, 5.74) is 2.95. The molecule has 2 N–H and O–H groups in total. The molecule has 1 atom stereocenters. The highest BCUT2D eigenvalue weighted by atomic mass is 16.5. The van der Waals surface area contributed by atoms with Gasteiger partial charge in [0.15, 0.2) is 0 Å². The van der Waals surface area contributed by atoms with Gasteiger partial charge in [0.2, 0.25) is 0 Å². The highest BCUT2D eigenvalue weighted by Gasteiger charge is 2.23. The summed E-state index contributed by atoms with van der Waals surface area (Å²) >= 11 is 0. The maximum Gasteiger partial charge on any atom is 0.290 e. The van der Waals surface area contributed by atoms with Crippen LogP contribution in [0.4, 0.5) is 0 Å². The Bertz CT molecular complexity index is 1040. The SMILES string of the molecule is COc1ccc(-c2ncn(CC3CN(C)CCO3)c2-c2ccc[nH]c2=O)cc1.O=CO. The Morgan fingerprint density at radius 2 is 2.06 bits per heavy atom. The first kappa shape index (κ1) is 22.3. The van der Waals surface area contributed by atoms with E-state index < -0.39 is 0 Å². The predicted octanol–water partition coefficient (Wildman–Crippen LogP) is 1.95. The van der Waals surface area contributed by atoms with E-state index in [4.69, 9.17) is 19.4 Å². The van der Waals surface area contributed by atoms with Gasteiger partial charge in [0.05, 0.1) is 49.6 Å². The largest absolute Gasteiger partial charge is 0.497 e. The van der Waals surface area contributed by atoms with Crippen LogP contribution in [0.25, 0.3) is 22.5 Å². The number of benzene rings is 1. The van der Waals surface area contributed by atoms with E-state index in [-0.39, 0.29) is 18.1 Å². The molecule has 3 heterocycles. The number of hydrogen-bond donors (Lipinski definition) is 2. The standard InChI is InChI=1S/C21H24N4O3.CH2O2/c1-24-10-11-28-17(12-24)13-25-14-23-19(15-5-7-16(27-2)8-6-15)20(25)18-4-3-9-22-21(18)26;2-1-3/h3-9,14,17H,10-13H2,1-2H3,(H,22,26);1H,(H,2,3). The van der Waals surface area contributed by atoms with Crippen molar-refractivity contribution in [2.24, 2.45) is 0 Å². The van der Waals surface area contributed by atoms with Crippen molar-refractivity contribution < 1.29 is 19.4 Å². The van der Waals surface area contributed by atoms with E-state index in [0.717, 1.165) is 35.8 Å². The lowest BCUT2D eigenvalue weighted by molar-refractivity contribution is -0.122. The third kappa shape index (κ3) is 5.39. The molecule has 1 fully saturated rings. The second-order valence-corrected chi connectivity index (χ2v) is 7.10. The monoisotopic (exact) mass is 426 g/mol. The van der Waals surface area contributed by atoms with Crippen LogP contribution >= 0.6 is 0 Å². The zero-order valence-electron chi connectivity index (χ0n) is 17.5. The minimum Gasteiger partial charge on any atom is -0.497 e. The molecule has 0 spiro atoms. The van der Waals surface area contributed by atoms with Crippen LogP contribution in [-0.2, 0) is 16.1 Å². The number of morpholine rings is 1. The van der Waals surface area contributed by atoms with Crippen molar-refractivity contribution in [3.8, 4) is 28.3 Å². The molecule has 1 saturated heterocycles. The smallest absolute Gasteiger partial charge is 0.290 e. The van der Waals surface area contributed by atoms with E-state index in [1.54, 1.807) is 19.6 Å². The Morgan fingerprint density at radius 3 is 2.71 bits per heavy atom. The van der Waals surface area contributed by atoms with Crippen molar-refractivity contribution in [1.82, 2.24) is 19.4 Å². The zero-order chi connectivity index (χ0) is 22.2. The number of hydrogen-bond acceptors (Lipinski definition) is 6. The first-order valence-corrected chi connectivity index (χ1v) is 9.83. The number of H-pyrrole nitrogens is 1. The zero-order valence-corrected chi connectivity index (χ0v) is 17.5. The molecule has 0 radical (unpaired) electrons. The highest BCUT2D eigenvalue weighted by molar-refractivity contribution is 5.78. The molecule has 1 aromatic carbocycles. The van der Waals surface area contributed by atoms with Crippen LogP contribution in [0.2, 0.25) is 0 Å². The Morgan fingerprint density at radius 1 is 1.32 bits per heavy atom. The van der Waals surface area contributed by atoms with E-state index >= 15 is 0 Å². The van der Waals surface area contributed by atoms with E-state index in [2.05, 4.69) is 21.9 Å². The summed E-state index contributed by atoms with van der Waals surface area (Å²) in [6.45, 7) is 2.88. The summed E-state index contributed by atoms with van der Waals surface area (Å²) in [5, 5.41) is 6.89. The maximum atomic E-state index is 12.5. The number of carbonyl (C=O) groups is 1. The number of methoxy groups -OCH3 is 1. The van der Waals surface area contributed by atoms with Gasteiger partial charge in [0, 0.05) is 24.8 Å². The lowest BCUT2D eigenvalue weighted by Crippen LogP contribution is -2.42. The minimum absolute atomic E-state index is 0.0539. The molecule has 1 aliphatic rings. The third-order valence-corrected chi connectivity index (χ3v) is 5.02. The van der Waals surface area contributed by atoms with Crippen LogP contribution in [0, 0.1) is 0 Å². The minimum atomic E-state index is -0.250. The third-order valence-electron chi connectivity index (χ3n) is 5.02. The fraction of sp³-hybridized carbons (Fsp3) is 0.318. The number of rotatable bonds is 5. The number of imidazole rings is 1. The maximum absolute atomic E-state index is 12.5. The molecule has 4 rings (SSSR count). The number of aromatic nitrogens is 3. The number of ether oxygens (including phenoxy) is 2. The van der Waals surface area contributed by atoms with Gasteiger partial charge in [0.25, 0.3) is 12.0 Å². The molecule has 31 heavy (non-hydrogen) atoms. The summed E-state index contributed by atoms with van der Waals surface area (Å²) < 4.78 is 13.2. The normalized spacial score (nSPS) is 16.3. The first-order valence-electron chi connectivity index (χ1n) is 9.83. The van der Waals surface area contributed by atoms with Crippen LogP contribution in [0.15, 0.2) is 53.7 Å². The number of pyridine rings is 1. The first-order chi connectivity index (χ1) is 15.1. The van der Waals surface area contributed by atoms with Gasteiger partial charge in [-0.05, 0) is 43.4 Å². The summed E-state index contributed by atoms with van der Waals surface area (Å²) in [6.07, 6.45) is 3.48. The van der Waals surface area contributed by atoms with E-state index in [0.29, 0.717) is 18.7 Å². The number of likely N-dealkylation sites (N-methyl/N-ethyl adjacent to an activating group) is 1. The number of carboxylic acid groups (broad SMARTS) is 1. The molecular formula is C22H26N4O5. The van der Waals surface area contributed by atoms with Gasteiger partial charge in [-0.3, -0.25) is 9.59 Å². The Labute approximate surface area is 179 Å². The van der Waals surface area contributed by atoms with Crippen LogP contribution in [0.5, 0.6) is 5.75 Å². The van der Waals surface area contributed by atoms with Crippen molar-refractivity contribution in [2.45, 2.75) is 12.6 Å². The van der Waals surface area contributed by atoms with Crippen molar-refractivity contribution in [3.63, 3.8) is 0 Å². The highest BCUT2D eigenvalue weighted by Crippen LogP contribution is 2.31. The molecule has 1 aliphatic heterocycles. The average Bonchev–Trinajstić information content (AvgIpc) is 3.18. The van der Waals surface area contributed by atoms with Gasteiger partial charge in [-0.2, -0.15) is 0 Å². The van der Waals surface area contributed by atoms with Crippen LogP contribution < -0.4 is 10.3 Å². The Kier molecular flexibility index (Phi) is 7.58. The van der Waals surface area contributed by atoms with E-state index in [1.165, 1.54) is 0 Å². The fourth-order valence-electron chi connectivity index (χ4n) is 3.57. The van der Waals surface area contributed by atoms with Gasteiger partial charge in [-0.1, -0.05) is 0 Å². The van der Waals surface area contributed by atoms with Gasteiger partial charge in [-0.25, -0.2) is 4.98 Å². The molecule has 2 aromatic heterocycles. The average molecular weight is 426 g/mol. The molecule has 0 aliphatic carbocycles. The molecule has 0 saturated carbocycles. The summed E-state index contributed by atoms with van der Waals surface area (Å²) in [4.78, 5) is 30.6. The molecule has 0 bridgehead atoms. The second kappa shape index (κ2) is 10.6.